The van der Waals surface area contributed by atoms with Gasteiger partial charge >= 0.3 is 6.18 Å². The molecule has 13 heavy (non-hydrogen) atoms. The zero-order valence-corrected chi connectivity index (χ0v) is 7.69. The van der Waals surface area contributed by atoms with Gasteiger partial charge in [-0.25, -0.2) is 0 Å². The SMILES string of the molecule is CCC(O)CNCCCC(F)(F)F. The van der Waals surface area contributed by atoms with Crippen LogP contribution >= 0.6 is 0 Å². The highest BCUT2D eigenvalue weighted by Crippen LogP contribution is 2.20. The summed E-state index contributed by atoms with van der Waals surface area (Å²) in [6, 6.07) is 0. The first-order valence-corrected chi connectivity index (χ1v) is 4.41. The third-order valence-corrected chi connectivity index (χ3v) is 1.67. The van der Waals surface area contributed by atoms with Crippen molar-refractivity contribution in [3.05, 3.63) is 0 Å². The Labute approximate surface area is 76.1 Å². The number of hydrogen-bond donors (Lipinski definition) is 2. The maximum atomic E-state index is 11.6. The number of halogens is 3. The molecule has 0 aromatic carbocycles. The Balaban J connectivity index is 3.18. The Kier molecular flexibility index (Phi) is 6.07. The maximum Gasteiger partial charge on any atom is 0.389 e. The molecule has 0 aromatic heterocycles. The van der Waals surface area contributed by atoms with Crippen LogP contribution in [0.25, 0.3) is 0 Å². The summed E-state index contributed by atoms with van der Waals surface area (Å²) in [7, 11) is 0. The molecule has 5 heteroatoms. The van der Waals surface area contributed by atoms with Crippen LogP contribution in [0.1, 0.15) is 26.2 Å². The molecule has 0 aliphatic heterocycles. The van der Waals surface area contributed by atoms with Crippen molar-refractivity contribution < 1.29 is 18.3 Å². The van der Waals surface area contributed by atoms with Crippen LogP contribution in [-0.2, 0) is 0 Å². The lowest BCUT2D eigenvalue weighted by atomic mass is 10.2. The van der Waals surface area contributed by atoms with E-state index in [1.165, 1.54) is 0 Å². The lowest BCUT2D eigenvalue weighted by molar-refractivity contribution is -0.135. The molecule has 0 spiro atoms. The Morgan fingerprint density at radius 1 is 1.38 bits per heavy atom. The van der Waals surface area contributed by atoms with Crippen molar-refractivity contribution in [3.8, 4) is 0 Å². The van der Waals surface area contributed by atoms with Gasteiger partial charge in [0.05, 0.1) is 6.10 Å². The van der Waals surface area contributed by atoms with E-state index >= 15 is 0 Å². The van der Waals surface area contributed by atoms with Crippen molar-refractivity contribution >= 4 is 0 Å². The molecule has 1 atom stereocenters. The average Bonchev–Trinajstić information content (AvgIpc) is 2.01. The molecule has 0 fully saturated rings. The molecule has 1 unspecified atom stereocenters. The summed E-state index contributed by atoms with van der Waals surface area (Å²) in [6.07, 6.45) is -4.59. The molecule has 0 heterocycles. The van der Waals surface area contributed by atoms with Crippen molar-refractivity contribution in [3.63, 3.8) is 0 Å². The quantitative estimate of drug-likeness (QED) is 0.638. The van der Waals surface area contributed by atoms with E-state index < -0.39 is 18.7 Å². The third-order valence-electron chi connectivity index (χ3n) is 1.67. The van der Waals surface area contributed by atoms with Gasteiger partial charge < -0.3 is 10.4 Å². The first-order chi connectivity index (χ1) is 5.95. The fourth-order valence-corrected chi connectivity index (χ4v) is 0.827. The second-order valence-electron chi connectivity index (χ2n) is 2.98. The first kappa shape index (κ1) is 12.7. The maximum absolute atomic E-state index is 11.6. The van der Waals surface area contributed by atoms with Gasteiger partial charge in [0.2, 0.25) is 0 Å². The second kappa shape index (κ2) is 6.21. The normalized spacial score (nSPS) is 14.5. The van der Waals surface area contributed by atoms with E-state index in [-0.39, 0.29) is 6.42 Å². The van der Waals surface area contributed by atoms with Gasteiger partial charge in [-0.05, 0) is 19.4 Å². The summed E-state index contributed by atoms with van der Waals surface area (Å²) in [4.78, 5) is 0. The van der Waals surface area contributed by atoms with Gasteiger partial charge in [0.1, 0.15) is 0 Å². The zero-order chi connectivity index (χ0) is 10.3. The van der Waals surface area contributed by atoms with Crippen LogP contribution in [0.4, 0.5) is 13.2 Å². The van der Waals surface area contributed by atoms with Crippen LogP contribution < -0.4 is 5.32 Å². The molecule has 80 valence electrons. The largest absolute Gasteiger partial charge is 0.392 e. The van der Waals surface area contributed by atoms with Gasteiger partial charge in [0.15, 0.2) is 0 Å². The van der Waals surface area contributed by atoms with Crippen molar-refractivity contribution in [2.45, 2.75) is 38.5 Å². The number of aliphatic hydroxyl groups excluding tert-OH is 1. The van der Waals surface area contributed by atoms with Crippen LogP contribution in [0.5, 0.6) is 0 Å². The number of aliphatic hydroxyl groups is 1. The Hall–Kier alpha value is -0.290. The molecule has 2 nitrogen and oxygen atoms in total. The third kappa shape index (κ3) is 9.63. The van der Waals surface area contributed by atoms with E-state index in [0.717, 1.165) is 0 Å². The van der Waals surface area contributed by atoms with E-state index in [0.29, 0.717) is 19.5 Å². The van der Waals surface area contributed by atoms with Crippen molar-refractivity contribution in [2.24, 2.45) is 0 Å². The molecular formula is C8H16F3NO. The molecule has 0 rings (SSSR count). The van der Waals surface area contributed by atoms with Crippen LogP contribution in [0.2, 0.25) is 0 Å². The monoisotopic (exact) mass is 199 g/mol. The molecule has 0 saturated heterocycles. The highest BCUT2D eigenvalue weighted by molar-refractivity contribution is 4.58. The Morgan fingerprint density at radius 2 is 2.00 bits per heavy atom. The summed E-state index contributed by atoms with van der Waals surface area (Å²) >= 11 is 0. The first-order valence-electron chi connectivity index (χ1n) is 4.41. The number of hydrogen-bond acceptors (Lipinski definition) is 2. The van der Waals surface area contributed by atoms with E-state index in [1.54, 1.807) is 0 Å². The van der Waals surface area contributed by atoms with Gasteiger partial charge in [-0.3, -0.25) is 0 Å². The fourth-order valence-electron chi connectivity index (χ4n) is 0.827. The van der Waals surface area contributed by atoms with Crippen LogP contribution in [0, 0.1) is 0 Å². The summed E-state index contributed by atoms with van der Waals surface area (Å²) in [5, 5.41) is 11.8. The molecule has 0 saturated carbocycles. The van der Waals surface area contributed by atoms with E-state index in [2.05, 4.69) is 5.32 Å². The van der Waals surface area contributed by atoms with E-state index in [9.17, 15) is 13.2 Å². The summed E-state index contributed by atoms with van der Waals surface area (Å²) in [6.45, 7) is 2.49. The van der Waals surface area contributed by atoms with E-state index in [4.69, 9.17) is 5.11 Å². The number of alkyl halides is 3. The van der Waals surface area contributed by atoms with Gasteiger partial charge in [0.25, 0.3) is 0 Å². The Morgan fingerprint density at radius 3 is 2.46 bits per heavy atom. The molecule has 0 aliphatic rings. The number of nitrogens with one attached hydrogen (secondary N) is 1. The highest BCUT2D eigenvalue weighted by Gasteiger charge is 2.25. The van der Waals surface area contributed by atoms with Gasteiger partial charge in [-0.2, -0.15) is 13.2 Å². The van der Waals surface area contributed by atoms with Crippen molar-refractivity contribution in [1.29, 1.82) is 0 Å². The van der Waals surface area contributed by atoms with E-state index in [1.807, 2.05) is 6.92 Å². The summed E-state index contributed by atoms with van der Waals surface area (Å²) in [5.41, 5.74) is 0. The minimum atomic E-state index is -4.06. The number of rotatable bonds is 6. The second-order valence-corrected chi connectivity index (χ2v) is 2.98. The lowest BCUT2D eigenvalue weighted by Gasteiger charge is -2.09. The van der Waals surface area contributed by atoms with Gasteiger partial charge in [-0.1, -0.05) is 6.92 Å². The van der Waals surface area contributed by atoms with Crippen LogP contribution in [0.3, 0.4) is 0 Å². The van der Waals surface area contributed by atoms with Crippen LogP contribution in [-0.4, -0.2) is 30.5 Å². The molecule has 0 bridgehead atoms. The molecule has 0 aliphatic carbocycles. The predicted molar refractivity (Wildman–Crippen MR) is 44.5 cm³/mol. The minimum absolute atomic E-state index is 0.0694. The molecular weight excluding hydrogens is 183 g/mol. The average molecular weight is 199 g/mol. The minimum Gasteiger partial charge on any atom is -0.392 e. The Bertz CT molecular complexity index is 127. The van der Waals surface area contributed by atoms with Crippen LogP contribution in [0.15, 0.2) is 0 Å². The van der Waals surface area contributed by atoms with Crippen molar-refractivity contribution in [1.82, 2.24) is 5.32 Å². The van der Waals surface area contributed by atoms with Crippen molar-refractivity contribution in [2.75, 3.05) is 13.1 Å². The smallest absolute Gasteiger partial charge is 0.389 e. The summed E-state index contributed by atoms with van der Waals surface area (Å²) in [5.74, 6) is 0. The fraction of sp³-hybridized carbons (Fsp3) is 1.00. The van der Waals surface area contributed by atoms with Gasteiger partial charge in [-0.15, -0.1) is 0 Å². The lowest BCUT2D eigenvalue weighted by Crippen LogP contribution is -2.27. The zero-order valence-electron chi connectivity index (χ0n) is 7.69. The molecule has 0 radical (unpaired) electrons. The highest BCUT2D eigenvalue weighted by atomic mass is 19.4. The topological polar surface area (TPSA) is 32.3 Å². The molecule has 0 amide bonds. The molecule has 0 aromatic rings. The standard InChI is InChI=1S/C8H16F3NO/c1-2-7(13)6-12-5-3-4-8(9,10)11/h7,12-13H,2-6H2,1H3. The van der Waals surface area contributed by atoms with Gasteiger partial charge in [0, 0.05) is 13.0 Å². The molecule has 2 N–H and O–H groups in total. The predicted octanol–water partition coefficient (Wildman–Crippen LogP) is 1.69. The summed E-state index contributed by atoms with van der Waals surface area (Å²) < 4.78 is 34.9.